The number of hydrogen-bond acceptors (Lipinski definition) is 6. The highest BCUT2D eigenvalue weighted by atomic mass is 32.1. The van der Waals surface area contributed by atoms with Crippen LogP contribution in [0.1, 0.15) is 46.8 Å². The number of nitrogens with one attached hydrogen (secondary N) is 2. The zero-order valence-electron chi connectivity index (χ0n) is 17.6. The van der Waals surface area contributed by atoms with E-state index >= 15 is 0 Å². The SMILES string of the molecule is CNC(=O)c1ccc([C@]2(C)CC[C@H](C)CN2C(=O)C(=O)Nc2cnc(N)c(C)c2)s1. The smallest absolute Gasteiger partial charge is 0.313 e. The highest BCUT2D eigenvalue weighted by Gasteiger charge is 2.44. The van der Waals surface area contributed by atoms with Gasteiger partial charge in [0, 0.05) is 18.5 Å². The molecule has 30 heavy (non-hydrogen) atoms. The first-order valence-corrected chi connectivity index (χ1v) is 10.6. The van der Waals surface area contributed by atoms with Gasteiger partial charge in [-0.2, -0.15) is 0 Å². The third-order valence-corrected chi connectivity index (χ3v) is 6.95. The summed E-state index contributed by atoms with van der Waals surface area (Å²) in [5, 5.41) is 5.25. The number of nitrogens with zero attached hydrogens (tertiary/aromatic N) is 2. The lowest BCUT2D eigenvalue weighted by Crippen LogP contribution is -2.55. The van der Waals surface area contributed by atoms with Crippen LogP contribution in [0.4, 0.5) is 11.5 Å². The number of nitrogen functional groups attached to an aromatic ring is 1. The van der Waals surface area contributed by atoms with Crippen molar-refractivity contribution in [1.82, 2.24) is 15.2 Å². The molecular weight excluding hydrogens is 402 g/mol. The number of thiophene rings is 1. The van der Waals surface area contributed by atoms with Gasteiger partial charge >= 0.3 is 11.8 Å². The molecule has 2 atom stereocenters. The Balaban J connectivity index is 1.86. The van der Waals surface area contributed by atoms with E-state index in [0.29, 0.717) is 29.3 Å². The summed E-state index contributed by atoms with van der Waals surface area (Å²) in [5.74, 6) is -0.839. The van der Waals surface area contributed by atoms with Gasteiger partial charge in [-0.15, -0.1) is 11.3 Å². The number of piperidine rings is 1. The monoisotopic (exact) mass is 429 g/mol. The zero-order chi connectivity index (χ0) is 22.1. The fourth-order valence-corrected chi connectivity index (χ4v) is 4.80. The summed E-state index contributed by atoms with van der Waals surface area (Å²) in [6.45, 7) is 6.27. The summed E-state index contributed by atoms with van der Waals surface area (Å²) in [6.07, 6.45) is 3.07. The Hall–Kier alpha value is -2.94. The number of amides is 3. The molecule has 3 heterocycles. The summed E-state index contributed by atoms with van der Waals surface area (Å²) in [6, 6.07) is 5.31. The van der Waals surface area contributed by atoms with Gasteiger partial charge < -0.3 is 21.3 Å². The molecule has 4 N–H and O–H groups in total. The predicted octanol–water partition coefficient (Wildman–Crippen LogP) is 2.51. The minimum Gasteiger partial charge on any atom is -0.383 e. The van der Waals surface area contributed by atoms with Crippen molar-refractivity contribution < 1.29 is 14.4 Å². The lowest BCUT2D eigenvalue weighted by Gasteiger charge is -2.46. The van der Waals surface area contributed by atoms with Gasteiger partial charge in [0.2, 0.25) is 0 Å². The van der Waals surface area contributed by atoms with Gasteiger partial charge in [-0.1, -0.05) is 6.92 Å². The molecule has 1 fully saturated rings. The van der Waals surface area contributed by atoms with Crippen LogP contribution in [0, 0.1) is 12.8 Å². The molecule has 0 aliphatic carbocycles. The van der Waals surface area contributed by atoms with Crippen LogP contribution in [0.2, 0.25) is 0 Å². The highest BCUT2D eigenvalue weighted by Crippen LogP contribution is 2.42. The molecule has 160 valence electrons. The van der Waals surface area contributed by atoms with E-state index in [9.17, 15) is 14.4 Å². The van der Waals surface area contributed by atoms with E-state index < -0.39 is 17.4 Å². The summed E-state index contributed by atoms with van der Waals surface area (Å²) < 4.78 is 0. The van der Waals surface area contributed by atoms with Crippen molar-refractivity contribution in [2.45, 2.75) is 39.2 Å². The molecule has 0 bridgehead atoms. The molecule has 0 saturated carbocycles. The molecule has 9 heteroatoms. The van der Waals surface area contributed by atoms with Gasteiger partial charge in [0.1, 0.15) is 5.82 Å². The van der Waals surface area contributed by atoms with E-state index in [2.05, 4.69) is 22.5 Å². The molecule has 2 aromatic rings. The normalized spacial score (nSPS) is 21.2. The van der Waals surface area contributed by atoms with Crippen molar-refractivity contribution >= 4 is 40.6 Å². The maximum atomic E-state index is 13.2. The molecule has 0 aromatic carbocycles. The number of aryl methyl sites for hydroxylation is 1. The van der Waals surface area contributed by atoms with Crippen LogP contribution < -0.4 is 16.4 Å². The number of carbonyl (C=O) groups excluding carboxylic acids is 3. The topological polar surface area (TPSA) is 117 Å². The largest absolute Gasteiger partial charge is 0.383 e. The van der Waals surface area contributed by atoms with Crippen molar-refractivity contribution in [3.8, 4) is 0 Å². The molecule has 0 spiro atoms. The molecule has 0 radical (unpaired) electrons. The molecule has 3 rings (SSSR count). The van der Waals surface area contributed by atoms with Crippen LogP contribution in [0.5, 0.6) is 0 Å². The van der Waals surface area contributed by atoms with Crippen molar-refractivity contribution in [3.63, 3.8) is 0 Å². The zero-order valence-corrected chi connectivity index (χ0v) is 18.4. The predicted molar refractivity (Wildman–Crippen MR) is 117 cm³/mol. The number of pyridine rings is 1. The molecule has 2 aromatic heterocycles. The molecular formula is C21H27N5O3S. The summed E-state index contributed by atoms with van der Waals surface area (Å²) in [5.41, 5.74) is 6.20. The number of hydrogen-bond donors (Lipinski definition) is 3. The van der Waals surface area contributed by atoms with E-state index in [4.69, 9.17) is 5.73 Å². The maximum absolute atomic E-state index is 13.2. The van der Waals surface area contributed by atoms with Crippen molar-refractivity contribution in [2.75, 3.05) is 24.6 Å². The van der Waals surface area contributed by atoms with Crippen LogP contribution in [0.15, 0.2) is 24.4 Å². The van der Waals surface area contributed by atoms with Crippen LogP contribution in [-0.2, 0) is 15.1 Å². The van der Waals surface area contributed by atoms with Crippen LogP contribution >= 0.6 is 11.3 Å². The Kier molecular flexibility index (Phi) is 6.12. The molecule has 0 unspecified atom stereocenters. The average molecular weight is 430 g/mol. The lowest BCUT2D eigenvalue weighted by atomic mass is 9.82. The van der Waals surface area contributed by atoms with E-state index in [1.165, 1.54) is 17.5 Å². The highest BCUT2D eigenvalue weighted by molar-refractivity contribution is 7.14. The Labute approximate surface area is 179 Å². The number of anilines is 2. The van der Waals surface area contributed by atoms with Gasteiger partial charge in [-0.3, -0.25) is 14.4 Å². The average Bonchev–Trinajstić information content (AvgIpc) is 3.22. The number of likely N-dealkylation sites (tertiary alicyclic amines) is 1. The standard InChI is InChI=1S/C21H27N5O3S/c1-12-7-8-21(3,16-6-5-15(30-16)18(27)23-4)26(11-12)20(29)19(28)25-14-9-13(2)17(22)24-10-14/h5-6,9-10,12H,7-8,11H2,1-4H3,(H2,22,24)(H,23,27)(H,25,28)/t12-,21-/m0/s1. The van der Waals surface area contributed by atoms with E-state index in [-0.39, 0.29) is 11.8 Å². The third kappa shape index (κ3) is 4.16. The first-order valence-electron chi connectivity index (χ1n) is 9.83. The van der Waals surface area contributed by atoms with Crippen LogP contribution in [-0.4, -0.2) is 41.2 Å². The van der Waals surface area contributed by atoms with Gasteiger partial charge in [0.15, 0.2) is 0 Å². The van der Waals surface area contributed by atoms with E-state index in [0.717, 1.165) is 16.9 Å². The van der Waals surface area contributed by atoms with Gasteiger partial charge in [-0.05, 0) is 56.4 Å². The van der Waals surface area contributed by atoms with Crippen molar-refractivity contribution in [1.29, 1.82) is 0 Å². The summed E-state index contributed by atoms with van der Waals surface area (Å²) in [4.78, 5) is 45.1. The Morgan fingerprint density at radius 1 is 1.33 bits per heavy atom. The quantitative estimate of drug-likeness (QED) is 0.648. The third-order valence-electron chi connectivity index (χ3n) is 5.62. The first kappa shape index (κ1) is 21.8. The van der Waals surface area contributed by atoms with Crippen LogP contribution in [0.25, 0.3) is 0 Å². The molecule has 1 aliphatic heterocycles. The van der Waals surface area contributed by atoms with Crippen LogP contribution in [0.3, 0.4) is 0 Å². The van der Waals surface area contributed by atoms with Crippen molar-refractivity contribution in [3.05, 3.63) is 39.7 Å². The Bertz CT molecular complexity index is 989. The first-order chi connectivity index (χ1) is 14.2. The molecule has 3 amide bonds. The van der Waals surface area contributed by atoms with Gasteiger partial charge in [0.05, 0.1) is 22.3 Å². The second-order valence-electron chi connectivity index (χ2n) is 7.96. The lowest BCUT2D eigenvalue weighted by molar-refractivity contribution is -0.150. The van der Waals surface area contributed by atoms with Crippen molar-refractivity contribution in [2.24, 2.45) is 5.92 Å². The molecule has 8 nitrogen and oxygen atoms in total. The number of rotatable bonds is 3. The number of nitrogens with two attached hydrogens (primary N) is 1. The fraction of sp³-hybridized carbons (Fsp3) is 0.429. The van der Waals surface area contributed by atoms with E-state index in [1.807, 2.05) is 13.0 Å². The Morgan fingerprint density at radius 2 is 2.07 bits per heavy atom. The maximum Gasteiger partial charge on any atom is 0.313 e. The summed E-state index contributed by atoms with van der Waals surface area (Å²) >= 11 is 1.35. The van der Waals surface area contributed by atoms with E-state index in [1.54, 1.807) is 31.0 Å². The minimum atomic E-state index is -0.718. The summed E-state index contributed by atoms with van der Waals surface area (Å²) in [7, 11) is 1.58. The number of aromatic nitrogens is 1. The molecule has 1 aliphatic rings. The van der Waals surface area contributed by atoms with Gasteiger partial charge in [0.25, 0.3) is 5.91 Å². The number of carbonyl (C=O) groups is 3. The second kappa shape index (κ2) is 8.43. The minimum absolute atomic E-state index is 0.166. The molecule has 1 saturated heterocycles. The van der Waals surface area contributed by atoms with Gasteiger partial charge in [-0.25, -0.2) is 4.98 Å². The fourth-order valence-electron chi connectivity index (χ4n) is 3.66. The Morgan fingerprint density at radius 3 is 2.73 bits per heavy atom. The second-order valence-corrected chi connectivity index (χ2v) is 9.04.